The number of nitrogens with one attached hydrogen (secondary N) is 2. The molecule has 0 fully saturated rings. The van der Waals surface area contributed by atoms with E-state index in [1.54, 1.807) is 13.8 Å². The molecule has 0 aromatic carbocycles. The summed E-state index contributed by atoms with van der Waals surface area (Å²) in [6, 6.07) is -0.879. The topological polar surface area (TPSA) is 95.1 Å². The van der Waals surface area contributed by atoms with Crippen molar-refractivity contribution in [2.45, 2.75) is 33.2 Å². The van der Waals surface area contributed by atoms with Gasteiger partial charge < -0.3 is 10.4 Å². The molecule has 94 valence electrons. The SMILES string of the molecule is CC[C@H](C)[C@H](NC(=O)c1[nH]ncc1C)C(=O)O. The predicted molar refractivity (Wildman–Crippen MR) is 61.7 cm³/mol. The van der Waals surface area contributed by atoms with Crippen molar-refractivity contribution < 1.29 is 14.7 Å². The predicted octanol–water partition coefficient (Wildman–Crippen LogP) is 0.947. The maximum atomic E-state index is 11.8. The van der Waals surface area contributed by atoms with Crippen LogP contribution in [0.5, 0.6) is 0 Å². The average Bonchev–Trinajstić information content (AvgIpc) is 2.70. The number of aromatic nitrogens is 2. The molecule has 6 nitrogen and oxygen atoms in total. The lowest BCUT2D eigenvalue weighted by atomic mass is 9.99. The van der Waals surface area contributed by atoms with E-state index in [1.165, 1.54) is 6.20 Å². The first-order valence-corrected chi connectivity index (χ1v) is 5.51. The molecular weight excluding hydrogens is 222 g/mol. The maximum absolute atomic E-state index is 11.8. The Hall–Kier alpha value is -1.85. The van der Waals surface area contributed by atoms with Gasteiger partial charge in [-0.15, -0.1) is 0 Å². The maximum Gasteiger partial charge on any atom is 0.326 e. The van der Waals surface area contributed by atoms with Crippen LogP contribution in [0.4, 0.5) is 0 Å². The molecule has 17 heavy (non-hydrogen) atoms. The van der Waals surface area contributed by atoms with Gasteiger partial charge in [-0.2, -0.15) is 5.10 Å². The van der Waals surface area contributed by atoms with Crippen molar-refractivity contribution >= 4 is 11.9 Å². The van der Waals surface area contributed by atoms with Gasteiger partial charge in [0.2, 0.25) is 0 Å². The Bertz CT molecular complexity index is 414. The number of aliphatic carboxylic acids is 1. The second kappa shape index (κ2) is 5.47. The van der Waals surface area contributed by atoms with Crippen molar-refractivity contribution in [1.82, 2.24) is 15.5 Å². The number of carbonyl (C=O) groups is 2. The number of nitrogens with zero attached hydrogens (tertiary/aromatic N) is 1. The van der Waals surface area contributed by atoms with E-state index in [2.05, 4.69) is 15.5 Å². The summed E-state index contributed by atoms with van der Waals surface area (Å²) in [7, 11) is 0. The molecule has 0 spiro atoms. The van der Waals surface area contributed by atoms with Gasteiger partial charge in [0.25, 0.3) is 5.91 Å². The van der Waals surface area contributed by atoms with Gasteiger partial charge >= 0.3 is 5.97 Å². The van der Waals surface area contributed by atoms with Crippen LogP contribution < -0.4 is 5.32 Å². The second-order valence-corrected chi connectivity index (χ2v) is 4.10. The molecule has 0 radical (unpaired) electrons. The number of hydrogen-bond donors (Lipinski definition) is 3. The van der Waals surface area contributed by atoms with Crippen LogP contribution in [0, 0.1) is 12.8 Å². The molecule has 0 aliphatic heterocycles. The van der Waals surface area contributed by atoms with Gasteiger partial charge in [-0.25, -0.2) is 4.79 Å². The standard InChI is InChI=1S/C11H17N3O3/c1-4-6(2)9(11(16)17)13-10(15)8-7(3)5-12-14-8/h5-6,9H,4H2,1-3H3,(H,12,14)(H,13,15)(H,16,17)/t6-,9-/m0/s1. The largest absolute Gasteiger partial charge is 0.480 e. The number of aromatic amines is 1. The zero-order valence-corrected chi connectivity index (χ0v) is 10.2. The lowest BCUT2D eigenvalue weighted by Gasteiger charge is -2.19. The summed E-state index contributed by atoms with van der Waals surface area (Å²) in [5, 5.41) is 17.8. The Morgan fingerprint density at radius 3 is 2.65 bits per heavy atom. The van der Waals surface area contributed by atoms with E-state index in [0.29, 0.717) is 17.7 Å². The summed E-state index contributed by atoms with van der Waals surface area (Å²) in [5.74, 6) is -1.59. The van der Waals surface area contributed by atoms with E-state index in [4.69, 9.17) is 5.11 Å². The van der Waals surface area contributed by atoms with Crippen LogP contribution in [0.3, 0.4) is 0 Å². The number of rotatable bonds is 5. The number of carbonyl (C=O) groups excluding carboxylic acids is 1. The molecule has 0 unspecified atom stereocenters. The molecule has 2 atom stereocenters. The molecular formula is C11H17N3O3. The summed E-state index contributed by atoms with van der Waals surface area (Å²) in [6.45, 7) is 5.41. The summed E-state index contributed by atoms with van der Waals surface area (Å²) in [4.78, 5) is 22.9. The molecule has 6 heteroatoms. The van der Waals surface area contributed by atoms with Crippen LogP contribution in [-0.4, -0.2) is 33.2 Å². The minimum Gasteiger partial charge on any atom is -0.480 e. The molecule has 3 N–H and O–H groups in total. The van der Waals surface area contributed by atoms with Gasteiger partial charge in [0, 0.05) is 0 Å². The van der Waals surface area contributed by atoms with E-state index in [1.807, 2.05) is 6.92 Å². The Labute approximate surface area is 99.4 Å². The highest BCUT2D eigenvalue weighted by molar-refractivity contribution is 5.96. The van der Waals surface area contributed by atoms with Crippen molar-refractivity contribution in [3.8, 4) is 0 Å². The second-order valence-electron chi connectivity index (χ2n) is 4.10. The van der Waals surface area contributed by atoms with Crippen LogP contribution in [0.1, 0.15) is 36.3 Å². The first kappa shape index (κ1) is 13.2. The molecule has 1 amide bonds. The van der Waals surface area contributed by atoms with Crippen molar-refractivity contribution in [1.29, 1.82) is 0 Å². The first-order valence-electron chi connectivity index (χ1n) is 5.51. The van der Waals surface area contributed by atoms with Crippen molar-refractivity contribution in [3.63, 3.8) is 0 Å². The molecule has 0 aliphatic carbocycles. The third-order valence-corrected chi connectivity index (χ3v) is 2.82. The minimum atomic E-state index is -1.02. The lowest BCUT2D eigenvalue weighted by Crippen LogP contribution is -2.45. The molecule has 1 rings (SSSR count). The van der Waals surface area contributed by atoms with Crippen LogP contribution in [0.25, 0.3) is 0 Å². The average molecular weight is 239 g/mol. The van der Waals surface area contributed by atoms with Gasteiger partial charge in [0.1, 0.15) is 11.7 Å². The van der Waals surface area contributed by atoms with Crippen LogP contribution in [0.15, 0.2) is 6.20 Å². The third kappa shape index (κ3) is 3.05. The van der Waals surface area contributed by atoms with Gasteiger partial charge in [0.05, 0.1) is 6.20 Å². The molecule has 1 aromatic heterocycles. The smallest absolute Gasteiger partial charge is 0.326 e. The van der Waals surface area contributed by atoms with Crippen molar-refractivity contribution in [3.05, 3.63) is 17.5 Å². The summed E-state index contributed by atoms with van der Waals surface area (Å²) in [6.07, 6.45) is 2.20. The van der Waals surface area contributed by atoms with Crippen molar-refractivity contribution in [2.75, 3.05) is 0 Å². The van der Waals surface area contributed by atoms with Crippen LogP contribution >= 0.6 is 0 Å². The van der Waals surface area contributed by atoms with Gasteiger partial charge in [-0.3, -0.25) is 9.89 Å². The van der Waals surface area contributed by atoms with Gasteiger partial charge in [-0.05, 0) is 18.4 Å². The number of carboxylic acids is 1. The lowest BCUT2D eigenvalue weighted by molar-refractivity contribution is -0.140. The highest BCUT2D eigenvalue weighted by Gasteiger charge is 2.26. The van der Waals surface area contributed by atoms with E-state index >= 15 is 0 Å². The van der Waals surface area contributed by atoms with E-state index in [9.17, 15) is 9.59 Å². The molecule has 0 saturated carbocycles. The summed E-state index contributed by atoms with van der Waals surface area (Å²) in [5.41, 5.74) is 0.996. The molecule has 0 aliphatic rings. The first-order chi connectivity index (χ1) is 7.97. The zero-order chi connectivity index (χ0) is 13.0. The van der Waals surface area contributed by atoms with Crippen LogP contribution in [0.2, 0.25) is 0 Å². The fourth-order valence-corrected chi connectivity index (χ4v) is 1.47. The third-order valence-electron chi connectivity index (χ3n) is 2.82. The van der Waals surface area contributed by atoms with Crippen molar-refractivity contribution in [2.24, 2.45) is 5.92 Å². The van der Waals surface area contributed by atoms with E-state index in [-0.39, 0.29) is 5.92 Å². The molecule has 1 heterocycles. The highest BCUT2D eigenvalue weighted by atomic mass is 16.4. The Morgan fingerprint density at radius 2 is 2.24 bits per heavy atom. The number of aryl methyl sites for hydroxylation is 1. The molecule has 0 saturated heterocycles. The summed E-state index contributed by atoms with van der Waals surface area (Å²) >= 11 is 0. The van der Waals surface area contributed by atoms with E-state index < -0.39 is 17.9 Å². The van der Waals surface area contributed by atoms with Crippen LogP contribution in [-0.2, 0) is 4.79 Å². The number of carboxylic acid groups (broad SMARTS) is 1. The normalized spacial score (nSPS) is 14.1. The number of amides is 1. The Balaban J connectivity index is 2.78. The highest BCUT2D eigenvalue weighted by Crippen LogP contribution is 2.10. The molecule has 1 aromatic rings. The summed E-state index contributed by atoms with van der Waals surface area (Å²) < 4.78 is 0. The Kier molecular flexibility index (Phi) is 4.25. The fourth-order valence-electron chi connectivity index (χ4n) is 1.47. The fraction of sp³-hybridized carbons (Fsp3) is 0.545. The minimum absolute atomic E-state index is 0.125. The van der Waals surface area contributed by atoms with E-state index in [0.717, 1.165) is 0 Å². The van der Waals surface area contributed by atoms with Gasteiger partial charge in [0.15, 0.2) is 0 Å². The zero-order valence-electron chi connectivity index (χ0n) is 10.2. The number of hydrogen-bond acceptors (Lipinski definition) is 3. The van der Waals surface area contributed by atoms with Gasteiger partial charge in [-0.1, -0.05) is 20.3 Å². The number of H-pyrrole nitrogens is 1. The quantitative estimate of drug-likeness (QED) is 0.712. The Morgan fingerprint density at radius 1 is 1.59 bits per heavy atom. The monoisotopic (exact) mass is 239 g/mol. The molecule has 0 bridgehead atoms.